The van der Waals surface area contributed by atoms with Gasteiger partial charge in [0.15, 0.2) is 5.78 Å². The summed E-state index contributed by atoms with van der Waals surface area (Å²) in [4.78, 5) is 16.3. The number of ketones is 1. The maximum atomic E-state index is 12.1. The molecular formula is C13H14BrN3O. The highest BCUT2D eigenvalue weighted by Crippen LogP contribution is 2.21. The van der Waals surface area contributed by atoms with Gasteiger partial charge < -0.3 is 0 Å². The molecular weight excluding hydrogens is 294 g/mol. The number of halogens is 1. The molecule has 0 aromatic carbocycles. The first kappa shape index (κ1) is 13.0. The summed E-state index contributed by atoms with van der Waals surface area (Å²) < 4.78 is 2.64. The quantitative estimate of drug-likeness (QED) is 0.819. The lowest BCUT2D eigenvalue weighted by atomic mass is 10.1. The van der Waals surface area contributed by atoms with Crippen LogP contribution in [0.15, 0.2) is 22.8 Å². The number of aryl methyl sites for hydroxylation is 3. The number of hydrogen-bond acceptors (Lipinski definition) is 3. The lowest BCUT2D eigenvalue weighted by Gasteiger charge is -2.03. The summed E-state index contributed by atoms with van der Waals surface area (Å²) in [6.07, 6.45) is 1.94. The zero-order valence-electron chi connectivity index (χ0n) is 10.6. The number of Topliss-reactive ketones (excluding diaryl/α,β-unsaturated/α-hetero) is 1. The second kappa shape index (κ2) is 5.02. The minimum atomic E-state index is 0.0474. The van der Waals surface area contributed by atoms with Crippen LogP contribution in [0.3, 0.4) is 0 Å². The maximum Gasteiger partial charge on any atom is 0.170 e. The summed E-state index contributed by atoms with van der Waals surface area (Å²) in [6.45, 7) is 3.81. The van der Waals surface area contributed by atoms with Gasteiger partial charge in [0.1, 0.15) is 0 Å². The fourth-order valence-corrected chi connectivity index (χ4v) is 2.24. The molecule has 0 atom stereocenters. The highest BCUT2D eigenvalue weighted by atomic mass is 79.9. The Kier molecular flexibility index (Phi) is 3.61. The van der Waals surface area contributed by atoms with Crippen molar-refractivity contribution < 1.29 is 4.79 Å². The Morgan fingerprint density at radius 1 is 1.39 bits per heavy atom. The van der Waals surface area contributed by atoms with E-state index >= 15 is 0 Å². The van der Waals surface area contributed by atoms with Gasteiger partial charge in [-0.1, -0.05) is 0 Å². The number of carbonyl (C=O) groups excluding carboxylic acids is 1. The number of nitrogens with zero attached hydrogens (tertiary/aromatic N) is 3. The number of carbonyl (C=O) groups is 1. The van der Waals surface area contributed by atoms with Crippen molar-refractivity contribution in [3.63, 3.8) is 0 Å². The highest BCUT2D eigenvalue weighted by molar-refractivity contribution is 9.10. The van der Waals surface area contributed by atoms with Gasteiger partial charge in [-0.2, -0.15) is 5.10 Å². The molecule has 0 fully saturated rings. The van der Waals surface area contributed by atoms with Crippen molar-refractivity contribution in [2.75, 3.05) is 0 Å². The van der Waals surface area contributed by atoms with Crippen LogP contribution in [0.2, 0.25) is 0 Å². The van der Waals surface area contributed by atoms with Crippen LogP contribution in [0.5, 0.6) is 0 Å². The predicted octanol–water partition coefficient (Wildman–Crippen LogP) is 2.62. The Hall–Kier alpha value is -1.49. The van der Waals surface area contributed by atoms with E-state index < -0.39 is 0 Å². The van der Waals surface area contributed by atoms with Crippen molar-refractivity contribution in [1.82, 2.24) is 14.8 Å². The summed E-state index contributed by atoms with van der Waals surface area (Å²) >= 11 is 3.46. The van der Waals surface area contributed by atoms with E-state index in [1.807, 2.05) is 33.0 Å². The molecule has 0 aliphatic rings. The Morgan fingerprint density at radius 3 is 2.61 bits per heavy atom. The second-order valence-electron chi connectivity index (χ2n) is 4.26. The lowest BCUT2D eigenvalue weighted by molar-refractivity contribution is 0.0990. The van der Waals surface area contributed by atoms with Crippen molar-refractivity contribution in [3.05, 3.63) is 45.4 Å². The number of pyridine rings is 1. The zero-order valence-corrected chi connectivity index (χ0v) is 12.2. The summed E-state index contributed by atoms with van der Waals surface area (Å²) in [5, 5.41) is 4.27. The van der Waals surface area contributed by atoms with Crippen molar-refractivity contribution in [3.8, 4) is 0 Å². The first-order valence-corrected chi connectivity index (χ1v) is 6.42. The van der Waals surface area contributed by atoms with Gasteiger partial charge in [0, 0.05) is 24.5 Å². The average Bonchev–Trinajstić information content (AvgIpc) is 2.57. The average molecular weight is 308 g/mol. The van der Waals surface area contributed by atoms with Crippen molar-refractivity contribution in [2.45, 2.75) is 20.3 Å². The van der Waals surface area contributed by atoms with Gasteiger partial charge in [-0.15, -0.1) is 0 Å². The largest absolute Gasteiger partial charge is 0.294 e. The SMILES string of the molecule is Cc1ccc(C(=O)Cc2c(Br)c(C)nn2C)cn1. The summed E-state index contributed by atoms with van der Waals surface area (Å²) in [6, 6.07) is 3.65. The number of hydrogen-bond donors (Lipinski definition) is 0. The lowest BCUT2D eigenvalue weighted by Crippen LogP contribution is -2.08. The summed E-state index contributed by atoms with van der Waals surface area (Å²) in [5.41, 5.74) is 3.32. The number of rotatable bonds is 3. The van der Waals surface area contributed by atoms with Crippen LogP contribution in [0.4, 0.5) is 0 Å². The van der Waals surface area contributed by atoms with Crippen molar-refractivity contribution >= 4 is 21.7 Å². The van der Waals surface area contributed by atoms with E-state index in [9.17, 15) is 4.79 Å². The third kappa shape index (κ3) is 2.51. The molecule has 4 nitrogen and oxygen atoms in total. The first-order valence-electron chi connectivity index (χ1n) is 5.63. The van der Waals surface area contributed by atoms with Gasteiger partial charge in [-0.25, -0.2) is 0 Å². The molecule has 0 N–H and O–H groups in total. The fourth-order valence-electron chi connectivity index (χ4n) is 1.76. The van der Waals surface area contributed by atoms with E-state index in [-0.39, 0.29) is 5.78 Å². The molecule has 18 heavy (non-hydrogen) atoms. The van der Waals surface area contributed by atoms with Crippen LogP contribution in [0.1, 0.15) is 27.4 Å². The highest BCUT2D eigenvalue weighted by Gasteiger charge is 2.15. The van der Waals surface area contributed by atoms with Crippen LogP contribution in [-0.4, -0.2) is 20.5 Å². The molecule has 0 unspecified atom stereocenters. The molecule has 0 spiro atoms. The molecule has 0 aliphatic carbocycles. The molecule has 2 rings (SSSR count). The first-order chi connectivity index (χ1) is 8.49. The van der Waals surface area contributed by atoms with Crippen molar-refractivity contribution in [1.29, 1.82) is 0 Å². The fraction of sp³-hybridized carbons (Fsp3) is 0.308. The van der Waals surface area contributed by atoms with Gasteiger partial charge >= 0.3 is 0 Å². The van der Waals surface area contributed by atoms with Gasteiger partial charge in [0.2, 0.25) is 0 Å². The zero-order chi connectivity index (χ0) is 13.3. The van der Waals surface area contributed by atoms with Gasteiger partial charge in [0.05, 0.1) is 22.3 Å². The van der Waals surface area contributed by atoms with Gasteiger partial charge in [0.25, 0.3) is 0 Å². The third-order valence-corrected chi connectivity index (χ3v) is 3.85. The third-order valence-electron chi connectivity index (χ3n) is 2.82. The number of aromatic nitrogens is 3. The Labute approximate surface area is 114 Å². The summed E-state index contributed by atoms with van der Waals surface area (Å²) in [7, 11) is 1.84. The van der Waals surface area contributed by atoms with Crippen LogP contribution >= 0.6 is 15.9 Å². The maximum absolute atomic E-state index is 12.1. The van der Waals surface area contributed by atoms with E-state index in [1.165, 1.54) is 0 Å². The molecule has 0 bridgehead atoms. The Bertz CT molecular complexity index is 587. The second-order valence-corrected chi connectivity index (χ2v) is 5.05. The Morgan fingerprint density at radius 2 is 2.11 bits per heavy atom. The molecule has 0 saturated carbocycles. The van der Waals surface area contributed by atoms with Crippen LogP contribution in [0.25, 0.3) is 0 Å². The van der Waals surface area contributed by atoms with Gasteiger partial charge in [-0.3, -0.25) is 14.5 Å². The Balaban J connectivity index is 2.24. The van der Waals surface area contributed by atoms with E-state index in [4.69, 9.17) is 0 Å². The molecule has 5 heteroatoms. The minimum Gasteiger partial charge on any atom is -0.294 e. The summed E-state index contributed by atoms with van der Waals surface area (Å²) in [5.74, 6) is 0.0474. The molecule has 2 heterocycles. The molecule has 0 radical (unpaired) electrons. The molecule has 0 saturated heterocycles. The standard InChI is InChI=1S/C13H14BrN3O/c1-8-4-5-10(7-15-8)12(18)6-11-13(14)9(2)16-17(11)3/h4-5,7H,6H2,1-3H3. The normalized spacial score (nSPS) is 10.7. The minimum absolute atomic E-state index is 0.0474. The molecule has 2 aromatic rings. The van der Waals surface area contributed by atoms with Gasteiger partial charge in [-0.05, 0) is 41.9 Å². The predicted molar refractivity (Wildman–Crippen MR) is 72.7 cm³/mol. The van der Waals surface area contributed by atoms with E-state index in [0.717, 1.165) is 21.6 Å². The molecule has 2 aromatic heterocycles. The smallest absolute Gasteiger partial charge is 0.170 e. The molecule has 0 aliphatic heterocycles. The van der Waals surface area contributed by atoms with E-state index in [2.05, 4.69) is 26.0 Å². The molecule has 0 amide bonds. The van der Waals surface area contributed by atoms with Crippen molar-refractivity contribution in [2.24, 2.45) is 7.05 Å². The monoisotopic (exact) mass is 307 g/mol. The van der Waals surface area contributed by atoms with Crippen LogP contribution in [-0.2, 0) is 13.5 Å². The van der Waals surface area contributed by atoms with E-state index in [1.54, 1.807) is 10.9 Å². The topological polar surface area (TPSA) is 47.8 Å². The van der Waals surface area contributed by atoms with Crippen LogP contribution in [0, 0.1) is 13.8 Å². The van der Waals surface area contributed by atoms with Crippen LogP contribution < -0.4 is 0 Å². The van der Waals surface area contributed by atoms with E-state index in [0.29, 0.717) is 12.0 Å². The molecule has 94 valence electrons.